The van der Waals surface area contributed by atoms with Gasteiger partial charge in [-0.3, -0.25) is 10.1 Å². The number of hydrogen-bond donors (Lipinski definition) is 2. The van der Waals surface area contributed by atoms with Crippen molar-refractivity contribution in [2.24, 2.45) is 5.73 Å². The minimum Gasteiger partial charge on any atom is -0.376 e. The lowest BCUT2D eigenvalue weighted by atomic mass is 9.85. The third-order valence-electron chi connectivity index (χ3n) is 3.66. The number of nitrogens with one attached hydrogen (secondary N) is 1. The lowest BCUT2D eigenvalue weighted by molar-refractivity contribution is -0.138. The van der Waals surface area contributed by atoms with Crippen LogP contribution in [0.1, 0.15) is 25.8 Å². The van der Waals surface area contributed by atoms with Gasteiger partial charge in [0.2, 0.25) is 5.91 Å². The molecular formula is C16H24N2O3. The van der Waals surface area contributed by atoms with Crippen LogP contribution in [0, 0.1) is 0 Å². The van der Waals surface area contributed by atoms with Gasteiger partial charge in [0.05, 0.1) is 13.2 Å². The molecule has 0 aliphatic carbocycles. The number of nitrogens with two attached hydrogens (primary N) is 1. The number of benzene rings is 1. The molecule has 0 aromatic heterocycles. The van der Waals surface area contributed by atoms with Crippen LogP contribution in [0.4, 0.5) is 0 Å². The van der Waals surface area contributed by atoms with Crippen molar-refractivity contribution in [1.82, 2.24) is 5.32 Å². The number of carbonyl (C=O) groups is 1. The van der Waals surface area contributed by atoms with E-state index in [0.29, 0.717) is 26.2 Å². The summed E-state index contributed by atoms with van der Waals surface area (Å²) in [4.78, 5) is 12.2. The highest BCUT2D eigenvalue weighted by Gasteiger charge is 2.39. The van der Waals surface area contributed by atoms with E-state index in [1.807, 2.05) is 44.2 Å². The molecule has 0 spiro atoms. The van der Waals surface area contributed by atoms with Gasteiger partial charge in [-0.25, -0.2) is 0 Å². The molecule has 1 saturated heterocycles. The number of carbonyl (C=O) groups excluding carboxylic acids is 1. The summed E-state index contributed by atoms with van der Waals surface area (Å²) in [6.07, 6.45) is 0.645. The van der Waals surface area contributed by atoms with E-state index in [4.69, 9.17) is 15.2 Å². The van der Waals surface area contributed by atoms with E-state index in [1.165, 1.54) is 0 Å². The molecule has 5 nitrogen and oxygen atoms in total. The first-order valence-electron chi connectivity index (χ1n) is 7.37. The SMILES string of the molecule is CC(C)NC(CCOC1COC1)(C(N)=O)c1ccccc1. The van der Waals surface area contributed by atoms with Gasteiger partial charge in [0, 0.05) is 19.1 Å². The predicted octanol–water partition coefficient (Wildman–Crippen LogP) is 1.17. The Bertz CT molecular complexity index is 460. The van der Waals surface area contributed by atoms with E-state index in [-0.39, 0.29) is 18.1 Å². The first-order chi connectivity index (χ1) is 10.0. The highest BCUT2D eigenvalue weighted by Crippen LogP contribution is 2.26. The molecular weight excluding hydrogens is 268 g/mol. The van der Waals surface area contributed by atoms with Crippen molar-refractivity contribution in [2.75, 3.05) is 19.8 Å². The maximum Gasteiger partial charge on any atom is 0.242 e. The Morgan fingerprint density at radius 1 is 1.43 bits per heavy atom. The number of rotatable bonds is 8. The fourth-order valence-electron chi connectivity index (χ4n) is 2.54. The van der Waals surface area contributed by atoms with Crippen molar-refractivity contribution in [3.8, 4) is 0 Å². The summed E-state index contributed by atoms with van der Waals surface area (Å²) in [6, 6.07) is 9.72. The molecule has 1 aliphatic rings. The number of primary amides is 1. The second-order valence-electron chi connectivity index (χ2n) is 5.71. The summed E-state index contributed by atoms with van der Waals surface area (Å²) in [5.41, 5.74) is 5.71. The predicted molar refractivity (Wildman–Crippen MR) is 80.8 cm³/mol. The first-order valence-corrected chi connectivity index (χ1v) is 7.37. The Balaban J connectivity index is 2.15. The largest absolute Gasteiger partial charge is 0.376 e. The highest BCUT2D eigenvalue weighted by molar-refractivity contribution is 5.86. The van der Waals surface area contributed by atoms with E-state index in [0.717, 1.165) is 5.56 Å². The fraction of sp³-hybridized carbons (Fsp3) is 0.562. The molecule has 1 heterocycles. The third kappa shape index (κ3) is 3.81. The van der Waals surface area contributed by atoms with E-state index in [1.54, 1.807) is 0 Å². The summed E-state index contributed by atoms with van der Waals surface area (Å²) < 4.78 is 10.8. The third-order valence-corrected chi connectivity index (χ3v) is 3.66. The van der Waals surface area contributed by atoms with Crippen LogP contribution in [-0.4, -0.2) is 37.9 Å². The van der Waals surface area contributed by atoms with Crippen LogP contribution in [0.5, 0.6) is 0 Å². The zero-order valence-corrected chi connectivity index (χ0v) is 12.7. The smallest absolute Gasteiger partial charge is 0.242 e. The van der Waals surface area contributed by atoms with Crippen molar-refractivity contribution in [2.45, 2.75) is 38.0 Å². The van der Waals surface area contributed by atoms with E-state index >= 15 is 0 Å². The molecule has 0 saturated carbocycles. The molecule has 3 N–H and O–H groups in total. The molecule has 116 valence electrons. The van der Waals surface area contributed by atoms with Crippen molar-refractivity contribution >= 4 is 5.91 Å². The normalized spacial score (nSPS) is 18.2. The Kier molecular flexibility index (Phi) is 5.33. The topological polar surface area (TPSA) is 73.6 Å². The minimum absolute atomic E-state index is 0.129. The summed E-state index contributed by atoms with van der Waals surface area (Å²) >= 11 is 0. The van der Waals surface area contributed by atoms with Crippen LogP contribution in [-0.2, 0) is 19.8 Å². The number of amides is 1. The molecule has 1 amide bonds. The zero-order valence-electron chi connectivity index (χ0n) is 12.7. The summed E-state index contributed by atoms with van der Waals surface area (Å²) in [6.45, 7) is 5.73. The van der Waals surface area contributed by atoms with Crippen LogP contribution >= 0.6 is 0 Å². The molecule has 1 unspecified atom stereocenters. The van der Waals surface area contributed by atoms with Gasteiger partial charge >= 0.3 is 0 Å². The van der Waals surface area contributed by atoms with Crippen molar-refractivity contribution in [3.05, 3.63) is 35.9 Å². The Labute approximate surface area is 125 Å². The monoisotopic (exact) mass is 292 g/mol. The Morgan fingerprint density at radius 2 is 2.10 bits per heavy atom. The highest BCUT2D eigenvalue weighted by atomic mass is 16.6. The molecule has 1 aromatic carbocycles. The van der Waals surface area contributed by atoms with Gasteiger partial charge in [0.15, 0.2) is 0 Å². The maximum absolute atomic E-state index is 12.2. The van der Waals surface area contributed by atoms with Gasteiger partial charge in [-0.1, -0.05) is 30.3 Å². The summed E-state index contributed by atoms with van der Waals surface area (Å²) in [5.74, 6) is -0.379. The molecule has 0 bridgehead atoms. The molecule has 0 radical (unpaired) electrons. The van der Waals surface area contributed by atoms with E-state index in [2.05, 4.69) is 5.32 Å². The number of ether oxygens (including phenoxy) is 2. The van der Waals surface area contributed by atoms with Gasteiger partial charge in [0.25, 0.3) is 0 Å². The molecule has 2 rings (SSSR count). The van der Waals surface area contributed by atoms with Crippen LogP contribution in [0.2, 0.25) is 0 Å². The molecule has 1 aromatic rings. The van der Waals surface area contributed by atoms with Crippen LogP contribution < -0.4 is 11.1 Å². The molecule has 1 atom stereocenters. The van der Waals surface area contributed by atoms with Gasteiger partial charge in [-0.05, 0) is 19.4 Å². The average Bonchev–Trinajstić information content (AvgIpc) is 2.40. The Hall–Kier alpha value is -1.43. The second-order valence-corrected chi connectivity index (χ2v) is 5.71. The molecule has 1 aliphatic heterocycles. The summed E-state index contributed by atoms with van der Waals surface area (Å²) in [5, 5.41) is 3.33. The fourth-order valence-corrected chi connectivity index (χ4v) is 2.54. The Morgan fingerprint density at radius 3 is 2.57 bits per heavy atom. The molecule has 1 fully saturated rings. The van der Waals surface area contributed by atoms with Crippen molar-refractivity contribution in [3.63, 3.8) is 0 Å². The average molecular weight is 292 g/mol. The van der Waals surface area contributed by atoms with Crippen LogP contribution in [0.15, 0.2) is 30.3 Å². The van der Waals surface area contributed by atoms with Crippen molar-refractivity contribution < 1.29 is 14.3 Å². The van der Waals surface area contributed by atoms with Crippen molar-refractivity contribution in [1.29, 1.82) is 0 Å². The van der Waals surface area contributed by atoms with E-state index < -0.39 is 5.54 Å². The van der Waals surface area contributed by atoms with Gasteiger partial charge in [0.1, 0.15) is 11.6 Å². The number of hydrogen-bond acceptors (Lipinski definition) is 4. The van der Waals surface area contributed by atoms with Crippen LogP contribution in [0.3, 0.4) is 0 Å². The van der Waals surface area contributed by atoms with Gasteiger partial charge < -0.3 is 15.2 Å². The van der Waals surface area contributed by atoms with Gasteiger partial charge in [-0.15, -0.1) is 0 Å². The first kappa shape index (κ1) is 15.9. The second kappa shape index (κ2) is 7.02. The maximum atomic E-state index is 12.2. The van der Waals surface area contributed by atoms with Crippen LogP contribution in [0.25, 0.3) is 0 Å². The molecule has 5 heteroatoms. The van der Waals surface area contributed by atoms with Gasteiger partial charge in [-0.2, -0.15) is 0 Å². The summed E-state index contributed by atoms with van der Waals surface area (Å²) in [7, 11) is 0. The lowest BCUT2D eigenvalue weighted by Crippen LogP contribution is -2.56. The molecule has 21 heavy (non-hydrogen) atoms. The quantitative estimate of drug-likeness (QED) is 0.754. The lowest BCUT2D eigenvalue weighted by Gasteiger charge is -2.35. The standard InChI is InChI=1S/C16H24N2O3/c1-12(2)18-16(15(17)19,13-6-4-3-5-7-13)8-9-21-14-10-20-11-14/h3-7,12,14,18H,8-11H2,1-2H3,(H2,17,19). The van der Waals surface area contributed by atoms with E-state index in [9.17, 15) is 4.79 Å². The minimum atomic E-state index is -0.903. The zero-order chi connectivity index (χ0) is 15.3.